The van der Waals surface area contributed by atoms with E-state index >= 15 is 0 Å². The number of ether oxygens (including phenoxy) is 1. The summed E-state index contributed by atoms with van der Waals surface area (Å²) in [7, 11) is 0. The summed E-state index contributed by atoms with van der Waals surface area (Å²) < 4.78 is 6.59. The molecule has 4 rings (SSSR count). The molecule has 0 bridgehead atoms. The number of nitriles is 1. The van der Waals surface area contributed by atoms with Crippen molar-refractivity contribution in [2.45, 2.75) is 6.61 Å². The smallest absolute Gasteiger partial charge is 0.259 e. The molecule has 0 unspecified atom stereocenters. The molecular weight excluding hydrogens is 418 g/mol. The molecule has 136 valence electrons. The van der Waals surface area contributed by atoms with Gasteiger partial charge in [-0.25, -0.2) is 4.98 Å². The quantitative estimate of drug-likeness (QED) is 0.502. The first-order valence-corrected chi connectivity index (χ1v) is 9.35. The topological polar surface area (TPSA) is 78.8 Å². The largest absolute Gasteiger partial charge is 0.488 e. The molecule has 0 aliphatic heterocycles. The summed E-state index contributed by atoms with van der Waals surface area (Å²) in [5, 5.41) is 9.74. The zero-order chi connectivity index (χ0) is 19.5. The van der Waals surface area contributed by atoms with E-state index in [-0.39, 0.29) is 12.2 Å². The molecule has 0 saturated heterocycles. The van der Waals surface area contributed by atoms with Crippen LogP contribution in [0.1, 0.15) is 11.1 Å². The average Bonchev–Trinajstić information content (AvgIpc) is 2.73. The Morgan fingerprint density at radius 1 is 1.07 bits per heavy atom. The molecule has 0 aliphatic carbocycles. The van der Waals surface area contributed by atoms with Gasteiger partial charge in [0.15, 0.2) is 0 Å². The van der Waals surface area contributed by atoms with Crippen LogP contribution in [0, 0.1) is 11.3 Å². The molecule has 4 aromatic rings. The first-order chi connectivity index (χ1) is 13.7. The normalized spacial score (nSPS) is 10.6. The molecule has 1 N–H and O–H groups in total. The Morgan fingerprint density at radius 2 is 1.86 bits per heavy atom. The number of benzene rings is 3. The van der Waals surface area contributed by atoms with Gasteiger partial charge in [-0.15, -0.1) is 0 Å². The molecule has 0 fully saturated rings. The number of fused-ring (bicyclic) bond motifs is 1. The molecule has 6 heteroatoms. The number of aromatic amines is 1. The van der Waals surface area contributed by atoms with Crippen molar-refractivity contribution in [2.75, 3.05) is 0 Å². The lowest BCUT2D eigenvalue weighted by Gasteiger charge is -2.11. The van der Waals surface area contributed by atoms with Gasteiger partial charge >= 0.3 is 0 Å². The van der Waals surface area contributed by atoms with E-state index in [9.17, 15) is 10.1 Å². The lowest BCUT2D eigenvalue weighted by molar-refractivity contribution is 0.304. The lowest BCUT2D eigenvalue weighted by Crippen LogP contribution is -2.09. The van der Waals surface area contributed by atoms with E-state index < -0.39 is 0 Å². The van der Waals surface area contributed by atoms with Crippen molar-refractivity contribution in [2.24, 2.45) is 0 Å². The summed E-state index contributed by atoms with van der Waals surface area (Å²) in [4.78, 5) is 19.6. The van der Waals surface area contributed by atoms with Crippen molar-refractivity contribution in [3.63, 3.8) is 0 Å². The van der Waals surface area contributed by atoms with Gasteiger partial charge in [0.1, 0.15) is 18.2 Å². The minimum absolute atomic E-state index is 0.176. The molecule has 3 aromatic carbocycles. The van der Waals surface area contributed by atoms with Crippen LogP contribution in [0.2, 0.25) is 0 Å². The highest BCUT2D eigenvalue weighted by molar-refractivity contribution is 9.10. The number of aromatic nitrogens is 2. The summed E-state index contributed by atoms with van der Waals surface area (Å²) in [6.07, 6.45) is 0. The molecule has 0 radical (unpaired) electrons. The van der Waals surface area contributed by atoms with E-state index in [1.54, 1.807) is 12.1 Å². The van der Waals surface area contributed by atoms with Crippen LogP contribution in [0.4, 0.5) is 0 Å². The zero-order valence-electron chi connectivity index (χ0n) is 14.6. The van der Waals surface area contributed by atoms with Crippen molar-refractivity contribution < 1.29 is 4.74 Å². The van der Waals surface area contributed by atoms with Gasteiger partial charge in [0.05, 0.1) is 27.0 Å². The molecule has 0 atom stereocenters. The molecule has 0 amide bonds. The predicted molar refractivity (Wildman–Crippen MR) is 111 cm³/mol. The highest BCUT2D eigenvalue weighted by Gasteiger charge is 2.10. The first kappa shape index (κ1) is 18.0. The fourth-order valence-corrected chi connectivity index (χ4v) is 3.39. The zero-order valence-corrected chi connectivity index (χ0v) is 16.2. The van der Waals surface area contributed by atoms with Gasteiger partial charge in [-0.05, 0) is 52.3 Å². The molecule has 1 heterocycles. The van der Waals surface area contributed by atoms with Crippen LogP contribution in [0.15, 0.2) is 76.0 Å². The Bertz CT molecular complexity index is 1270. The lowest BCUT2D eigenvalue weighted by atomic mass is 10.1. The van der Waals surface area contributed by atoms with Crippen LogP contribution in [0.3, 0.4) is 0 Å². The van der Waals surface area contributed by atoms with Crippen molar-refractivity contribution in [3.8, 4) is 23.2 Å². The number of rotatable bonds is 4. The molecular formula is C22H14BrN3O2. The number of hydrogen-bond acceptors (Lipinski definition) is 4. The minimum Gasteiger partial charge on any atom is -0.488 e. The van der Waals surface area contributed by atoms with Crippen LogP contribution in [0.25, 0.3) is 22.3 Å². The third-order valence-corrected chi connectivity index (χ3v) is 4.96. The van der Waals surface area contributed by atoms with E-state index in [4.69, 9.17) is 4.74 Å². The van der Waals surface area contributed by atoms with E-state index in [0.717, 1.165) is 15.6 Å². The van der Waals surface area contributed by atoms with Gasteiger partial charge in [0.25, 0.3) is 5.56 Å². The Morgan fingerprint density at radius 3 is 2.68 bits per heavy atom. The number of hydrogen-bond donors (Lipinski definition) is 1. The maximum absolute atomic E-state index is 12.3. The Labute approximate surface area is 169 Å². The molecule has 1 aromatic heterocycles. The highest BCUT2D eigenvalue weighted by atomic mass is 79.9. The molecule has 28 heavy (non-hydrogen) atoms. The summed E-state index contributed by atoms with van der Waals surface area (Å²) in [6, 6.07) is 22.2. The third kappa shape index (κ3) is 3.53. The molecule has 0 spiro atoms. The highest BCUT2D eigenvalue weighted by Crippen LogP contribution is 2.30. The first-order valence-electron chi connectivity index (χ1n) is 8.55. The van der Waals surface area contributed by atoms with E-state index in [1.165, 1.54) is 0 Å². The fourth-order valence-electron chi connectivity index (χ4n) is 2.90. The van der Waals surface area contributed by atoms with Gasteiger partial charge in [0, 0.05) is 11.1 Å². The second-order valence-corrected chi connectivity index (χ2v) is 6.99. The predicted octanol–water partition coefficient (Wildman–Crippen LogP) is 4.80. The maximum Gasteiger partial charge on any atom is 0.259 e. The van der Waals surface area contributed by atoms with Crippen LogP contribution in [0.5, 0.6) is 5.75 Å². The van der Waals surface area contributed by atoms with Crippen molar-refractivity contribution in [1.29, 1.82) is 5.26 Å². The second kappa shape index (κ2) is 7.67. The standard InChI is InChI=1S/C22H14BrN3O2/c23-18-11-14(21-25-19-8-4-3-7-17(19)22(27)26-21)9-10-20(18)28-13-16-6-2-1-5-15(16)12-24/h1-11H,13H2,(H,25,26,27). The number of nitrogens with zero attached hydrogens (tertiary/aromatic N) is 2. The van der Waals surface area contributed by atoms with E-state index in [1.807, 2.05) is 54.6 Å². The summed E-state index contributed by atoms with van der Waals surface area (Å²) >= 11 is 3.51. The van der Waals surface area contributed by atoms with Crippen LogP contribution < -0.4 is 10.3 Å². The SMILES string of the molecule is N#Cc1ccccc1COc1ccc(-c2nc3ccccc3c(=O)[nH]2)cc1Br. The van der Waals surface area contributed by atoms with Gasteiger partial charge in [0.2, 0.25) is 0 Å². The second-order valence-electron chi connectivity index (χ2n) is 6.13. The van der Waals surface area contributed by atoms with Gasteiger partial charge in [-0.3, -0.25) is 4.79 Å². The maximum atomic E-state index is 12.3. The number of nitrogens with one attached hydrogen (secondary N) is 1. The Hall–Kier alpha value is -3.43. The van der Waals surface area contributed by atoms with E-state index in [0.29, 0.717) is 28.0 Å². The monoisotopic (exact) mass is 431 g/mol. The van der Waals surface area contributed by atoms with Crippen LogP contribution in [-0.2, 0) is 6.61 Å². The van der Waals surface area contributed by atoms with Crippen LogP contribution >= 0.6 is 15.9 Å². The van der Waals surface area contributed by atoms with Crippen molar-refractivity contribution >= 4 is 26.8 Å². The van der Waals surface area contributed by atoms with E-state index in [2.05, 4.69) is 32.0 Å². The number of para-hydroxylation sites is 1. The molecule has 0 aliphatic rings. The third-order valence-electron chi connectivity index (χ3n) is 4.34. The van der Waals surface area contributed by atoms with Gasteiger partial charge in [-0.2, -0.15) is 5.26 Å². The number of halogens is 1. The Balaban J connectivity index is 1.62. The van der Waals surface area contributed by atoms with Gasteiger partial charge in [-0.1, -0.05) is 30.3 Å². The fraction of sp³-hybridized carbons (Fsp3) is 0.0455. The van der Waals surface area contributed by atoms with Crippen molar-refractivity contribution in [3.05, 3.63) is 92.7 Å². The summed E-state index contributed by atoms with van der Waals surface area (Å²) in [6.45, 7) is 0.284. The summed E-state index contributed by atoms with van der Waals surface area (Å²) in [5.41, 5.74) is 2.64. The number of H-pyrrole nitrogens is 1. The Kier molecular flexibility index (Phi) is 4.92. The van der Waals surface area contributed by atoms with Gasteiger partial charge < -0.3 is 9.72 Å². The molecule has 5 nitrogen and oxygen atoms in total. The minimum atomic E-state index is -0.176. The average molecular weight is 432 g/mol. The molecule has 0 saturated carbocycles. The van der Waals surface area contributed by atoms with Crippen LogP contribution in [-0.4, -0.2) is 9.97 Å². The van der Waals surface area contributed by atoms with Crippen molar-refractivity contribution in [1.82, 2.24) is 9.97 Å². The summed E-state index contributed by atoms with van der Waals surface area (Å²) in [5.74, 6) is 1.13.